The molecule has 0 spiro atoms. The largest absolute Gasteiger partial charge is 0.347 e. The van der Waals surface area contributed by atoms with Gasteiger partial charge in [-0.1, -0.05) is 18.2 Å². The molecule has 1 aliphatic heterocycles. The molecule has 1 aromatic carbocycles. The zero-order valence-corrected chi connectivity index (χ0v) is 8.82. The second-order valence-corrected chi connectivity index (χ2v) is 4.39. The second-order valence-electron chi connectivity index (χ2n) is 4.39. The number of hydrogen-bond acceptors (Lipinski definition) is 1. The molecule has 0 amide bonds. The first-order valence-corrected chi connectivity index (χ1v) is 5.68. The van der Waals surface area contributed by atoms with Gasteiger partial charge in [0.05, 0.1) is 0 Å². The van der Waals surface area contributed by atoms with E-state index in [2.05, 4.69) is 46.4 Å². The predicted octanol–water partition coefficient (Wildman–Crippen LogP) is 2.25. The van der Waals surface area contributed by atoms with E-state index in [1.54, 1.807) is 0 Å². The third-order valence-corrected chi connectivity index (χ3v) is 3.30. The predicted molar refractivity (Wildman–Crippen MR) is 62.9 cm³/mol. The van der Waals surface area contributed by atoms with Gasteiger partial charge in [-0.2, -0.15) is 0 Å². The van der Waals surface area contributed by atoms with Gasteiger partial charge in [0.25, 0.3) is 0 Å². The van der Waals surface area contributed by atoms with E-state index in [4.69, 9.17) is 0 Å². The molecule has 15 heavy (non-hydrogen) atoms. The fourth-order valence-corrected chi connectivity index (χ4v) is 2.45. The lowest BCUT2D eigenvalue weighted by atomic mass is 10.1. The number of nitrogens with one attached hydrogen (secondary N) is 1. The van der Waals surface area contributed by atoms with Gasteiger partial charge in [-0.25, -0.2) is 0 Å². The van der Waals surface area contributed by atoms with Crippen molar-refractivity contribution in [2.75, 3.05) is 13.1 Å². The van der Waals surface area contributed by atoms with Crippen molar-refractivity contribution in [2.45, 2.75) is 13.0 Å². The number of para-hydroxylation sites is 1. The molecule has 2 heterocycles. The first-order valence-electron chi connectivity index (χ1n) is 5.68. The highest BCUT2D eigenvalue weighted by Crippen LogP contribution is 2.18. The number of rotatable bonds is 2. The molecule has 0 saturated carbocycles. The van der Waals surface area contributed by atoms with E-state index in [0.29, 0.717) is 0 Å². The average Bonchev–Trinajstić information content (AvgIpc) is 2.89. The summed E-state index contributed by atoms with van der Waals surface area (Å²) in [6, 6.07) is 10.8. The number of hydrogen-bond donors (Lipinski definition) is 1. The van der Waals surface area contributed by atoms with E-state index in [1.165, 1.54) is 30.4 Å². The maximum atomic E-state index is 3.42. The zero-order valence-electron chi connectivity index (χ0n) is 8.82. The molecule has 0 aliphatic carbocycles. The molecular formula is C13H16N2. The molecule has 1 fully saturated rings. The van der Waals surface area contributed by atoms with Crippen LogP contribution in [0.5, 0.6) is 0 Å². The van der Waals surface area contributed by atoms with Crippen LogP contribution in [-0.4, -0.2) is 17.7 Å². The molecule has 3 rings (SSSR count). The minimum Gasteiger partial charge on any atom is -0.347 e. The smallest absolute Gasteiger partial charge is 0.0480 e. The van der Waals surface area contributed by atoms with E-state index >= 15 is 0 Å². The van der Waals surface area contributed by atoms with Crippen LogP contribution in [0.3, 0.4) is 0 Å². The third-order valence-electron chi connectivity index (χ3n) is 3.30. The van der Waals surface area contributed by atoms with Crippen LogP contribution >= 0.6 is 0 Å². The molecule has 2 heteroatoms. The summed E-state index contributed by atoms with van der Waals surface area (Å²) in [6.07, 6.45) is 3.52. The van der Waals surface area contributed by atoms with E-state index in [1.807, 2.05) is 0 Å². The molecule has 1 aliphatic rings. The van der Waals surface area contributed by atoms with E-state index < -0.39 is 0 Å². The normalized spacial score (nSPS) is 21.2. The summed E-state index contributed by atoms with van der Waals surface area (Å²) >= 11 is 0. The van der Waals surface area contributed by atoms with Crippen LogP contribution in [0.1, 0.15) is 6.42 Å². The quantitative estimate of drug-likeness (QED) is 0.786. The lowest BCUT2D eigenvalue weighted by Crippen LogP contribution is -2.13. The van der Waals surface area contributed by atoms with Gasteiger partial charge in [0.2, 0.25) is 0 Å². The summed E-state index contributed by atoms with van der Waals surface area (Å²) in [5.74, 6) is 0.806. The standard InChI is InChI=1S/C13H16N2/c1-2-4-13-12(3-1)6-8-15(13)10-11-5-7-14-9-11/h1-4,6,8,11,14H,5,7,9-10H2. The Morgan fingerprint density at radius 2 is 2.20 bits per heavy atom. The molecule has 1 saturated heterocycles. The van der Waals surface area contributed by atoms with Gasteiger partial charge in [-0.15, -0.1) is 0 Å². The van der Waals surface area contributed by atoms with E-state index in [0.717, 1.165) is 12.5 Å². The van der Waals surface area contributed by atoms with Gasteiger partial charge < -0.3 is 9.88 Å². The fourth-order valence-electron chi connectivity index (χ4n) is 2.45. The van der Waals surface area contributed by atoms with Gasteiger partial charge in [0.1, 0.15) is 0 Å². The first kappa shape index (κ1) is 8.98. The maximum absolute atomic E-state index is 3.42. The number of benzene rings is 1. The maximum Gasteiger partial charge on any atom is 0.0480 e. The molecule has 1 aromatic heterocycles. The summed E-state index contributed by atoms with van der Waals surface area (Å²) in [5, 5.41) is 4.77. The van der Waals surface area contributed by atoms with Gasteiger partial charge >= 0.3 is 0 Å². The van der Waals surface area contributed by atoms with Crippen molar-refractivity contribution in [1.29, 1.82) is 0 Å². The zero-order chi connectivity index (χ0) is 10.1. The molecule has 1 atom stereocenters. The molecule has 0 bridgehead atoms. The summed E-state index contributed by atoms with van der Waals surface area (Å²) in [6.45, 7) is 3.51. The van der Waals surface area contributed by atoms with Gasteiger partial charge in [-0.3, -0.25) is 0 Å². The molecule has 0 radical (unpaired) electrons. The van der Waals surface area contributed by atoms with Crippen LogP contribution in [0.2, 0.25) is 0 Å². The number of fused-ring (bicyclic) bond motifs is 1. The average molecular weight is 200 g/mol. The Bertz CT molecular complexity index is 452. The van der Waals surface area contributed by atoms with Crippen molar-refractivity contribution in [2.24, 2.45) is 5.92 Å². The highest BCUT2D eigenvalue weighted by molar-refractivity contribution is 5.79. The Labute approximate surface area is 89.9 Å². The SMILES string of the molecule is c1ccc2c(c1)ccn2CC1CCNC1. The fraction of sp³-hybridized carbons (Fsp3) is 0.385. The Morgan fingerprint density at radius 1 is 1.27 bits per heavy atom. The van der Waals surface area contributed by atoms with Crippen LogP contribution < -0.4 is 5.32 Å². The molecular weight excluding hydrogens is 184 g/mol. The minimum absolute atomic E-state index is 0.806. The molecule has 2 nitrogen and oxygen atoms in total. The highest BCUT2D eigenvalue weighted by atomic mass is 15.0. The lowest BCUT2D eigenvalue weighted by molar-refractivity contribution is 0.491. The first-order chi connectivity index (χ1) is 7.43. The van der Waals surface area contributed by atoms with Crippen LogP contribution in [0.15, 0.2) is 36.5 Å². The Morgan fingerprint density at radius 3 is 3.07 bits per heavy atom. The lowest BCUT2D eigenvalue weighted by Gasteiger charge is -2.10. The minimum atomic E-state index is 0.806. The Hall–Kier alpha value is -1.28. The van der Waals surface area contributed by atoms with Crippen molar-refractivity contribution < 1.29 is 0 Å². The van der Waals surface area contributed by atoms with Gasteiger partial charge in [0.15, 0.2) is 0 Å². The Kier molecular flexibility index (Phi) is 2.22. The highest BCUT2D eigenvalue weighted by Gasteiger charge is 2.15. The topological polar surface area (TPSA) is 17.0 Å². The van der Waals surface area contributed by atoms with Crippen molar-refractivity contribution >= 4 is 10.9 Å². The summed E-state index contributed by atoms with van der Waals surface area (Å²) < 4.78 is 2.38. The molecule has 78 valence electrons. The van der Waals surface area contributed by atoms with Crippen LogP contribution in [0, 0.1) is 5.92 Å². The van der Waals surface area contributed by atoms with Crippen molar-refractivity contribution in [3.63, 3.8) is 0 Å². The molecule has 2 aromatic rings. The van der Waals surface area contributed by atoms with Gasteiger partial charge in [0, 0.05) is 18.3 Å². The summed E-state index contributed by atoms with van der Waals surface area (Å²) in [5.41, 5.74) is 1.37. The summed E-state index contributed by atoms with van der Waals surface area (Å²) in [4.78, 5) is 0. The Balaban J connectivity index is 1.90. The number of nitrogens with zero attached hydrogens (tertiary/aromatic N) is 1. The van der Waals surface area contributed by atoms with E-state index in [-0.39, 0.29) is 0 Å². The van der Waals surface area contributed by atoms with Gasteiger partial charge in [-0.05, 0) is 42.9 Å². The molecule has 1 unspecified atom stereocenters. The molecule has 1 N–H and O–H groups in total. The second kappa shape index (κ2) is 3.70. The van der Waals surface area contributed by atoms with Crippen molar-refractivity contribution in [3.8, 4) is 0 Å². The van der Waals surface area contributed by atoms with Crippen LogP contribution in [-0.2, 0) is 6.54 Å². The summed E-state index contributed by atoms with van der Waals surface area (Å²) in [7, 11) is 0. The number of aromatic nitrogens is 1. The van der Waals surface area contributed by atoms with Crippen molar-refractivity contribution in [3.05, 3.63) is 36.5 Å². The van der Waals surface area contributed by atoms with Crippen LogP contribution in [0.4, 0.5) is 0 Å². The van der Waals surface area contributed by atoms with Crippen LogP contribution in [0.25, 0.3) is 10.9 Å². The monoisotopic (exact) mass is 200 g/mol. The van der Waals surface area contributed by atoms with E-state index in [9.17, 15) is 0 Å². The third kappa shape index (κ3) is 1.65. The van der Waals surface area contributed by atoms with Crippen molar-refractivity contribution in [1.82, 2.24) is 9.88 Å².